The molecule has 1 fully saturated rings. The van der Waals surface area contributed by atoms with E-state index in [1.807, 2.05) is 0 Å². The Morgan fingerprint density at radius 1 is 1.30 bits per heavy atom. The van der Waals surface area contributed by atoms with Crippen molar-refractivity contribution in [2.45, 2.75) is 33.2 Å². The van der Waals surface area contributed by atoms with E-state index in [0.717, 1.165) is 50.8 Å². The fourth-order valence-corrected chi connectivity index (χ4v) is 3.07. The Morgan fingerprint density at radius 2 is 2.09 bits per heavy atom. The Balaban J connectivity index is 1.76. The molecule has 0 amide bonds. The first-order valence-electron chi connectivity index (χ1n) is 8.44. The number of nitrogens with zero attached hydrogens (tertiary/aromatic N) is 5. The first kappa shape index (κ1) is 16.1. The van der Waals surface area contributed by atoms with Crippen LogP contribution in [0.4, 0.5) is 5.82 Å². The van der Waals surface area contributed by atoms with Gasteiger partial charge in [-0.25, -0.2) is 4.98 Å². The predicted molar refractivity (Wildman–Crippen MR) is 89.7 cm³/mol. The Labute approximate surface area is 137 Å². The maximum Gasteiger partial charge on any atom is 0.254 e. The minimum Gasteiger partial charge on any atom is -0.379 e. The molecular formula is C16H26N6O. The van der Waals surface area contributed by atoms with Gasteiger partial charge in [0.25, 0.3) is 5.78 Å². The van der Waals surface area contributed by atoms with Crippen molar-refractivity contribution in [3.63, 3.8) is 0 Å². The number of fused-ring (bicyclic) bond motifs is 1. The lowest BCUT2D eigenvalue weighted by Gasteiger charge is -2.37. The van der Waals surface area contributed by atoms with Gasteiger partial charge < -0.3 is 10.1 Å². The van der Waals surface area contributed by atoms with Crippen molar-refractivity contribution < 1.29 is 4.74 Å². The lowest BCUT2D eigenvalue weighted by Crippen LogP contribution is -2.49. The van der Waals surface area contributed by atoms with E-state index in [2.05, 4.69) is 52.1 Å². The lowest BCUT2D eigenvalue weighted by molar-refractivity contribution is 0.00952. The molecule has 0 radical (unpaired) electrons. The highest BCUT2D eigenvalue weighted by Crippen LogP contribution is 2.16. The quantitative estimate of drug-likeness (QED) is 0.869. The minimum absolute atomic E-state index is 0.468. The van der Waals surface area contributed by atoms with E-state index in [0.29, 0.717) is 17.7 Å². The Bertz CT molecular complexity index is 635. The monoisotopic (exact) mass is 318 g/mol. The molecular weight excluding hydrogens is 292 g/mol. The third kappa shape index (κ3) is 3.61. The van der Waals surface area contributed by atoms with Crippen LogP contribution in [0.15, 0.2) is 12.4 Å². The molecule has 2 aromatic rings. The molecule has 7 heteroatoms. The van der Waals surface area contributed by atoms with Crippen molar-refractivity contribution in [1.29, 1.82) is 0 Å². The summed E-state index contributed by atoms with van der Waals surface area (Å²) in [6.07, 6.45) is 2.43. The van der Waals surface area contributed by atoms with Gasteiger partial charge in [0, 0.05) is 37.4 Å². The molecule has 3 rings (SSSR count). The number of rotatable bonds is 6. The normalized spacial score (nSPS) is 17.7. The number of aromatic nitrogens is 4. The average molecular weight is 318 g/mol. The van der Waals surface area contributed by atoms with E-state index < -0.39 is 0 Å². The molecule has 0 aromatic carbocycles. The van der Waals surface area contributed by atoms with Crippen LogP contribution in [-0.4, -0.2) is 63.4 Å². The smallest absolute Gasteiger partial charge is 0.254 e. The average Bonchev–Trinajstić information content (AvgIpc) is 3.04. The van der Waals surface area contributed by atoms with E-state index in [9.17, 15) is 0 Å². The van der Waals surface area contributed by atoms with Crippen molar-refractivity contribution in [3.8, 4) is 0 Å². The Kier molecular flexibility index (Phi) is 5.07. The van der Waals surface area contributed by atoms with E-state index in [1.54, 1.807) is 10.8 Å². The van der Waals surface area contributed by atoms with E-state index in [-0.39, 0.29) is 0 Å². The fraction of sp³-hybridized carbons (Fsp3) is 0.688. The summed E-state index contributed by atoms with van der Waals surface area (Å²) < 4.78 is 7.25. The first-order chi connectivity index (χ1) is 11.2. The standard InChI is InChI=1S/C16H26N6O/c1-4-13-9-15(22-16(20-13)18-11-19-22)17-10-14(12(2)3)21-5-7-23-8-6-21/h9,11-12,14,17H,4-8,10H2,1-3H3/t14-/m0/s1. The van der Waals surface area contributed by atoms with Crippen LogP contribution >= 0.6 is 0 Å². The first-order valence-corrected chi connectivity index (χ1v) is 8.44. The number of ether oxygens (including phenoxy) is 1. The van der Waals surface area contributed by atoms with Crippen LogP contribution in [0.1, 0.15) is 26.5 Å². The Hall–Kier alpha value is -1.73. The summed E-state index contributed by atoms with van der Waals surface area (Å²) in [4.78, 5) is 11.2. The second-order valence-corrected chi connectivity index (χ2v) is 6.30. The van der Waals surface area contributed by atoms with Crippen molar-refractivity contribution in [1.82, 2.24) is 24.5 Å². The molecule has 0 saturated carbocycles. The number of nitrogens with one attached hydrogen (secondary N) is 1. The van der Waals surface area contributed by atoms with E-state index >= 15 is 0 Å². The summed E-state index contributed by atoms with van der Waals surface area (Å²) in [7, 11) is 0. The van der Waals surface area contributed by atoms with Crippen LogP contribution in [0.5, 0.6) is 0 Å². The van der Waals surface area contributed by atoms with Crippen LogP contribution in [0.25, 0.3) is 5.78 Å². The SMILES string of the molecule is CCc1cc(NC[C@@H](C(C)C)N2CCOCC2)n2ncnc2n1. The third-order valence-electron chi connectivity index (χ3n) is 4.44. The second-order valence-electron chi connectivity index (χ2n) is 6.30. The summed E-state index contributed by atoms with van der Waals surface area (Å²) in [5.74, 6) is 2.18. The van der Waals surface area contributed by atoms with Crippen molar-refractivity contribution in [2.24, 2.45) is 5.92 Å². The van der Waals surface area contributed by atoms with Crippen LogP contribution in [0, 0.1) is 5.92 Å². The highest BCUT2D eigenvalue weighted by Gasteiger charge is 2.24. The number of morpholine rings is 1. The van der Waals surface area contributed by atoms with Gasteiger partial charge in [0.05, 0.1) is 13.2 Å². The lowest BCUT2D eigenvalue weighted by atomic mass is 10.0. The summed E-state index contributed by atoms with van der Waals surface area (Å²) in [6.45, 7) is 11.2. The fourth-order valence-electron chi connectivity index (χ4n) is 3.07. The topological polar surface area (TPSA) is 67.6 Å². The molecule has 1 aliphatic rings. The van der Waals surface area contributed by atoms with Gasteiger partial charge in [-0.15, -0.1) is 0 Å². The van der Waals surface area contributed by atoms with Gasteiger partial charge in [-0.2, -0.15) is 14.6 Å². The molecule has 7 nitrogen and oxygen atoms in total. The van der Waals surface area contributed by atoms with E-state index in [1.165, 1.54) is 0 Å². The molecule has 1 aliphatic heterocycles. The molecule has 1 N–H and O–H groups in total. The van der Waals surface area contributed by atoms with Gasteiger partial charge in [0.2, 0.25) is 0 Å². The van der Waals surface area contributed by atoms with Gasteiger partial charge in [-0.1, -0.05) is 20.8 Å². The van der Waals surface area contributed by atoms with Crippen LogP contribution in [0.3, 0.4) is 0 Å². The number of anilines is 1. The molecule has 2 aromatic heterocycles. The van der Waals surface area contributed by atoms with Crippen molar-refractivity contribution >= 4 is 11.6 Å². The molecule has 23 heavy (non-hydrogen) atoms. The van der Waals surface area contributed by atoms with Gasteiger partial charge in [-0.3, -0.25) is 4.90 Å². The molecule has 0 aliphatic carbocycles. The highest BCUT2D eigenvalue weighted by molar-refractivity contribution is 5.45. The molecule has 0 unspecified atom stereocenters. The largest absolute Gasteiger partial charge is 0.379 e. The Morgan fingerprint density at radius 3 is 2.78 bits per heavy atom. The molecule has 1 atom stereocenters. The molecule has 3 heterocycles. The zero-order chi connectivity index (χ0) is 16.2. The summed E-state index contributed by atoms with van der Waals surface area (Å²) >= 11 is 0. The van der Waals surface area contributed by atoms with Crippen LogP contribution < -0.4 is 5.32 Å². The van der Waals surface area contributed by atoms with Crippen LogP contribution in [0.2, 0.25) is 0 Å². The zero-order valence-electron chi connectivity index (χ0n) is 14.2. The zero-order valence-corrected chi connectivity index (χ0v) is 14.2. The van der Waals surface area contributed by atoms with Gasteiger partial charge in [0.1, 0.15) is 12.1 Å². The molecule has 0 bridgehead atoms. The number of aryl methyl sites for hydroxylation is 1. The van der Waals surface area contributed by atoms with Gasteiger partial charge in [-0.05, 0) is 12.3 Å². The number of hydrogen-bond donors (Lipinski definition) is 1. The maximum absolute atomic E-state index is 5.48. The number of hydrogen-bond acceptors (Lipinski definition) is 6. The van der Waals surface area contributed by atoms with Crippen LogP contribution in [-0.2, 0) is 11.2 Å². The third-order valence-corrected chi connectivity index (χ3v) is 4.44. The predicted octanol–water partition coefficient (Wildman–Crippen LogP) is 1.46. The summed E-state index contributed by atoms with van der Waals surface area (Å²) in [6, 6.07) is 2.54. The summed E-state index contributed by atoms with van der Waals surface area (Å²) in [5.41, 5.74) is 1.03. The maximum atomic E-state index is 5.48. The summed E-state index contributed by atoms with van der Waals surface area (Å²) in [5, 5.41) is 7.84. The van der Waals surface area contributed by atoms with E-state index in [4.69, 9.17) is 4.74 Å². The molecule has 0 spiro atoms. The van der Waals surface area contributed by atoms with Crippen molar-refractivity contribution in [3.05, 3.63) is 18.1 Å². The van der Waals surface area contributed by atoms with Gasteiger partial charge in [0.15, 0.2) is 0 Å². The van der Waals surface area contributed by atoms with Crippen molar-refractivity contribution in [2.75, 3.05) is 38.2 Å². The highest BCUT2D eigenvalue weighted by atomic mass is 16.5. The second kappa shape index (κ2) is 7.23. The van der Waals surface area contributed by atoms with Gasteiger partial charge >= 0.3 is 0 Å². The minimum atomic E-state index is 0.468. The molecule has 1 saturated heterocycles. The molecule has 126 valence electrons.